The molecule has 0 atom stereocenters. The number of hydrogen-bond acceptors (Lipinski definition) is 4. The van der Waals surface area contributed by atoms with E-state index < -0.39 is 40.3 Å². The predicted octanol–water partition coefficient (Wildman–Crippen LogP) is 3.05. The lowest BCUT2D eigenvalue weighted by Crippen LogP contribution is -2.44. The minimum atomic E-state index is -1.58. The Morgan fingerprint density at radius 3 is 2.14 bits per heavy atom. The molecule has 0 aliphatic heterocycles. The van der Waals surface area contributed by atoms with Crippen LogP contribution < -0.4 is 5.73 Å². The number of nitrogens with two attached hydrogens (primary N) is 1. The second-order valence-electron chi connectivity index (χ2n) is 4.78. The molecule has 0 saturated heterocycles. The lowest BCUT2D eigenvalue weighted by molar-refractivity contribution is 0.229. The van der Waals surface area contributed by atoms with E-state index in [1.165, 1.54) is 0 Å². The van der Waals surface area contributed by atoms with E-state index in [1.54, 1.807) is 0 Å². The molecule has 4 nitrogen and oxygen atoms in total. The maximum Gasteiger partial charge on any atom is 0.264 e. The van der Waals surface area contributed by atoms with E-state index >= 15 is 0 Å². The molecule has 9 heteroatoms. The fraction of sp³-hybridized carbons (Fsp3) is 0.333. The van der Waals surface area contributed by atoms with Crippen molar-refractivity contribution < 1.29 is 22.1 Å². The van der Waals surface area contributed by atoms with Gasteiger partial charge >= 0.3 is 0 Å². The van der Waals surface area contributed by atoms with Crippen LogP contribution in [0.3, 0.4) is 0 Å². The fourth-order valence-corrected chi connectivity index (χ4v) is 2.07. The van der Waals surface area contributed by atoms with Crippen LogP contribution in [0.5, 0.6) is 0 Å². The maximum atomic E-state index is 13.6. The summed E-state index contributed by atoms with van der Waals surface area (Å²) in [4.78, 5) is 3.76. The summed E-state index contributed by atoms with van der Waals surface area (Å²) in [6.07, 6.45) is 2.08. The second kappa shape index (κ2) is 5.27. The van der Waals surface area contributed by atoms with Gasteiger partial charge in [0.05, 0.1) is 5.54 Å². The number of benzene rings is 1. The molecule has 3 rings (SSSR count). The molecule has 1 aliphatic carbocycles. The molecule has 2 N–H and O–H groups in total. The summed E-state index contributed by atoms with van der Waals surface area (Å²) < 4.78 is 58.1. The van der Waals surface area contributed by atoms with Crippen molar-refractivity contribution in [2.75, 3.05) is 0 Å². The van der Waals surface area contributed by atoms with E-state index in [-0.39, 0.29) is 24.3 Å². The molecule has 1 heterocycles. The zero-order chi connectivity index (χ0) is 14.5. The van der Waals surface area contributed by atoms with Gasteiger partial charge < -0.3 is 10.3 Å². The summed E-state index contributed by atoms with van der Waals surface area (Å²) in [6.45, 7) is 0. The number of nitrogens with zero attached hydrogens (tertiary/aromatic N) is 2. The van der Waals surface area contributed by atoms with Gasteiger partial charge in [-0.15, -0.1) is 12.4 Å². The van der Waals surface area contributed by atoms with E-state index in [0.717, 1.165) is 6.42 Å². The van der Waals surface area contributed by atoms with Gasteiger partial charge in [0, 0.05) is 6.07 Å². The van der Waals surface area contributed by atoms with Crippen LogP contribution in [-0.4, -0.2) is 10.1 Å². The van der Waals surface area contributed by atoms with Crippen LogP contribution in [0.2, 0.25) is 0 Å². The summed E-state index contributed by atoms with van der Waals surface area (Å²) in [5.74, 6) is -6.81. The van der Waals surface area contributed by atoms with Gasteiger partial charge in [0.25, 0.3) is 5.89 Å². The Morgan fingerprint density at radius 1 is 1.10 bits per heavy atom. The zero-order valence-electron chi connectivity index (χ0n) is 10.5. The van der Waals surface area contributed by atoms with Crippen LogP contribution in [0.1, 0.15) is 25.1 Å². The Hall–Kier alpha value is -1.67. The molecule has 0 spiro atoms. The lowest BCUT2D eigenvalue weighted by atomic mass is 9.77. The molecular weight excluding hydrogens is 314 g/mol. The maximum absolute atomic E-state index is 13.6. The zero-order valence-corrected chi connectivity index (χ0v) is 11.3. The fourth-order valence-electron chi connectivity index (χ4n) is 2.07. The third-order valence-corrected chi connectivity index (χ3v) is 3.44. The summed E-state index contributed by atoms with van der Waals surface area (Å²) in [7, 11) is 0. The van der Waals surface area contributed by atoms with Gasteiger partial charge in [-0.2, -0.15) is 4.98 Å². The molecule has 0 unspecified atom stereocenters. The lowest BCUT2D eigenvalue weighted by Gasteiger charge is -2.34. The van der Waals surface area contributed by atoms with Crippen LogP contribution in [0.4, 0.5) is 17.6 Å². The van der Waals surface area contributed by atoms with Crippen molar-refractivity contribution >= 4 is 12.4 Å². The first-order valence-electron chi connectivity index (χ1n) is 5.89. The van der Waals surface area contributed by atoms with Crippen molar-refractivity contribution in [2.45, 2.75) is 24.8 Å². The van der Waals surface area contributed by atoms with Crippen LogP contribution in [0.25, 0.3) is 11.5 Å². The van der Waals surface area contributed by atoms with Gasteiger partial charge in [0.15, 0.2) is 29.1 Å². The van der Waals surface area contributed by atoms with E-state index in [2.05, 4.69) is 14.7 Å². The Balaban J connectivity index is 0.00000161. The Labute approximate surface area is 122 Å². The molecule has 2 aromatic rings. The molecule has 1 aromatic carbocycles. The van der Waals surface area contributed by atoms with Gasteiger partial charge in [-0.05, 0) is 19.3 Å². The molecule has 0 radical (unpaired) electrons. The van der Waals surface area contributed by atoms with Crippen molar-refractivity contribution in [3.05, 3.63) is 35.2 Å². The van der Waals surface area contributed by atoms with E-state index in [4.69, 9.17) is 5.73 Å². The van der Waals surface area contributed by atoms with Crippen molar-refractivity contribution in [3.63, 3.8) is 0 Å². The highest BCUT2D eigenvalue weighted by Crippen LogP contribution is 2.38. The minimum absolute atomic E-state index is 0. The summed E-state index contributed by atoms with van der Waals surface area (Å²) in [5.41, 5.74) is 4.10. The van der Waals surface area contributed by atoms with Crippen LogP contribution in [-0.2, 0) is 5.54 Å². The van der Waals surface area contributed by atoms with E-state index in [9.17, 15) is 17.6 Å². The second-order valence-corrected chi connectivity index (χ2v) is 4.78. The molecule has 1 fully saturated rings. The normalized spacial score (nSPS) is 16.2. The molecule has 0 amide bonds. The Bertz CT molecular complexity index is 661. The van der Waals surface area contributed by atoms with E-state index in [0.29, 0.717) is 12.8 Å². The smallest absolute Gasteiger partial charge is 0.264 e. The average molecular weight is 324 g/mol. The van der Waals surface area contributed by atoms with Gasteiger partial charge in [-0.3, -0.25) is 0 Å². The van der Waals surface area contributed by atoms with Crippen molar-refractivity contribution in [2.24, 2.45) is 5.73 Å². The monoisotopic (exact) mass is 323 g/mol. The molecular formula is C12H10ClF4N3O. The molecule has 21 heavy (non-hydrogen) atoms. The van der Waals surface area contributed by atoms with Crippen LogP contribution in [0, 0.1) is 23.3 Å². The topological polar surface area (TPSA) is 64.9 Å². The summed E-state index contributed by atoms with van der Waals surface area (Å²) in [5, 5.41) is 3.54. The molecule has 1 aliphatic rings. The first-order chi connectivity index (χ1) is 9.42. The quantitative estimate of drug-likeness (QED) is 0.681. The predicted molar refractivity (Wildman–Crippen MR) is 66.5 cm³/mol. The first-order valence-corrected chi connectivity index (χ1v) is 5.89. The molecule has 0 bridgehead atoms. The minimum Gasteiger partial charge on any atom is -0.334 e. The number of hydrogen-bond donors (Lipinski definition) is 1. The Kier molecular flexibility index (Phi) is 3.94. The van der Waals surface area contributed by atoms with Gasteiger partial charge in [0.2, 0.25) is 0 Å². The SMILES string of the molecule is Cl.NC1(c2noc(-c3c(F)c(F)cc(F)c3F)n2)CCC1. The van der Waals surface area contributed by atoms with Crippen molar-refractivity contribution in [1.82, 2.24) is 10.1 Å². The van der Waals surface area contributed by atoms with Gasteiger partial charge in [0.1, 0.15) is 5.56 Å². The standard InChI is InChI=1S/C12H9F4N3O.ClH/c13-5-4-6(14)9(16)7(8(5)15)10-18-11(19-20-10)12(17)2-1-3-12;/h4H,1-3,17H2;1H. The van der Waals surface area contributed by atoms with Gasteiger partial charge in [-0.1, -0.05) is 5.16 Å². The summed E-state index contributed by atoms with van der Waals surface area (Å²) >= 11 is 0. The highest BCUT2D eigenvalue weighted by atomic mass is 35.5. The van der Waals surface area contributed by atoms with Crippen LogP contribution >= 0.6 is 12.4 Å². The molecule has 1 aromatic heterocycles. The Morgan fingerprint density at radius 2 is 1.67 bits per heavy atom. The average Bonchev–Trinajstić information content (AvgIpc) is 2.84. The highest BCUT2D eigenvalue weighted by Gasteiger charge is 2.39. The number of rotatable bonds is 2. The first kappa shape index (κ1) is 15.7. The highest BCUT2D eigenvalue weighted by molar-refractivity contribution is 5.85. The van der Waals surface area contributed by atoms with Crippen molar-refractivity contribution in [1.29, 1.82) is 0 Å². The summed E-state index contributed by atoms with van der Waals surface area (Å²) in [6, 6.07) is 0.113. The van der Waals surface area contributed by atoms with E-state index in [1.807, 2.05) is 0 Å². The third kappa shape index (κ3) is 2.38. The number of halogens is 5. The van der Waals surface area contributed by atoms with Crippen molar-refractivity contribution in [3.8, 4) is 11.5 Å². The van der Waals surface area contributed by atoms with Crippen LogP contribution in [0.15, 0.2) is 10.6 Å². The molecule has 114 valence electrons. The third-order valence-electron chi connectivity index (χ3n) is 3.44. The number of aromatic nitrogens is 2. The molecule has 1 saturated carbocycles. The van der Waals surface area contributed by atoms with Gasteiger partial charge in [-0.25, -0.2) is 17.6 Å². The largest absolute Gasteiger partial charge is 0.334 e.